The summed E-state index contributed by atoms with van der Waals surface area (Å²) >= 11 is 0. The zero-order valence-electron chi connectivity index (χ0n) is 16.1. The van der Waals surface area contributed by atoms with Gasteiger partial charge in [-0.1, -0.05) is 36.4 Å². The van der Waals surface area contributed by atoms with Crippen molar-refractivity contribution < 1.29 is 9.53 Å². The number of amides is 1. The zero-order chi connectivity index (χ0) is 19.2. The van der Waals surface area contributed by atoms with Crippen LogP contribution in [0.2, 0.25) is 0 Å². The highest BCUT2D eigenvalue weighted by atomic mass is 16.5. The van der Waals surface area contributed by atoms with Gasteiger partial charge in [-0.2, -0.15) is 0 Å². The first-order chi connectivity index (χ1) is 13.8. The van der Waals surface area contributed by atoms with E-state index in [1.54, 1.807) is 0 Å². The van der Waals surface area contributed by atoms with Gasteiger partial charge in [-0.05, 0) is 43.0 Å². The molecule has 0 aliphatic carbocycles. The van der Waals surface area contributed by atoms with Crippen molar-refractivity contribution in [1.82, 2.24) is 15.2 Å². The van der Waals surface area contributed by atoms with Gasteiger partial charge in [-0.25, -0.2) is 0 Å². The molecule has 5 nitrogen and oxygen atoms in total. The van der Waals surface area contributed by atoms with Gasteiger partial charge in [-0.15, -0.1) is 0 Å². The van der Waals surface area contributed by atoms with Crippen molar-refractivity contribution in [3.8, 4) is 5.75 Å². The highest BCUT2D eigenvalue weighted by Gasteiger charge is 2.20. The van der Waals surface area contributed by atoms with Crippen molar-refractivity contribution in [2.75, 3.05) is 26.2 Å². The molecule has 28 heavy (non-hydrogen) atoms. The van der Waals surface area contributed by atoms with Crippen molar-refractivity contribution in [3.63, 3.8) is 0 Å². The van der Waals surface area contributed by atoms with Crippen LogP contribution in [-0.4, -0.2) is 48.1 Å². The lowest BCUT2D eigenvalue weighted by molar-refractivity contribution is -0.124. The average molecular weight is 377 g/mol. The maximum Gasteiger partial charge on any atom is 0.258 e. The lowest BCUT2D eigenvalue weighted by Crippen LogP contribution is -2.46. The van der Waals surface area contributed by atoms with Crippen LogP contribution in [0.3, 0.4) is 0 Å². The topological polar surface area (TPSA) is 57.4 Å². The van der Waals surface area contributed by atoms with Crippen molar-refractivity contribution >= 4 is 16.8 Å². The summed E-state index contributed by atoms with van der Waals surface area (Å²) in [5.41, 5.74) is 2.58. The molecule has 1 aliphatic rings. The Kier molecular flexibility index (Phi) is 5.92. The minimum Gasteiger partial charge on any atom is -0.484 e. The molecular formula is C23H27N3O2. The number of rotatable bonds is 7. The first kappa shape index (κ1) is 18.6. The highest BCUT2D eigenvalue weighted by molar-refractivity contribution is 5.83. The van der Waals surface area contributed by atoms with E-state index in [1.165, 1.54) is 16.5 Å². The highest BCUT2D eigenvalue weighted by Crippen LogP contribution is 2.19. The van der Waals surface area contributed by atoms with E-state index < -0.39 is 0 Å². The molecule has 0 saturated carbocycles. The van der Waals surface area contributed by atoms with E-state index in [-0.39, 0.29) is 18.6 Å². The van der Waals surface area contributed by atoms with E-state index >= 15 is 0 Å². The summed E-state index contributed by atoms with van der Waals surface area (Å²) in [6, 6.07) is 18.2. The number of benzene rings is 2. The summed E-state index contributed by atoms with van der Waals surface area (Å²) in [6.45, 7) is 3.17. The molecule has 0 atom stereocenters. The number of para-hydroxylation sites is 2. The Bertz CT molecular complexity index is 898. The second-order valence-electron chi connectivity index (χ2n) is 7.39. The monoisotopic (exact) mass is 377 g/mol. The number of carbonyl (C=O) groups excluding carboxylic acids is 1. The third-order valence-corrected chi connectivity index (χ3v) is 5.44. The molecule has 1 aromatic heterocycles. The molecule has 4 rings (SSSR count). The quantitative estimate of drug-likeness (QED) is 0.664. The smallest absolute Gasteiger partial charge is 0.258 e. The number of aromatic nitrogens is 1. The number of fused-ring (bicyclic) bond motifs is 1. The van der Waals surface area contributed by atoms with Crippen LogP contribution in [0.5, 0.6) is 5.75 Å². The lowest BCUT2D eigenvalue weighted by Gasteiger charge is -2.32. The van der Waals surface area contributed by atoms with Crippen LogP contribution in [0, 0.1) is 0 Å². The summed E-state index contributed by atoms with van der Waals surface area (Å²) in [6.07, 6.45) is 5.16. The Morgan fingerprint density at radius 2 is 1.82 bits per heavy atom. The second kappa shape index (κ2) is 8.93. The van der Waals surface area contributed by atoms with Crippen LogP contribution in [0.25, 0.3) is 10.9 Å². The number of H-pyrrole nitrogens is 1. The van der Waals surface area contributed by atoms with Gasteiger partial charge in [0, 0.05) is 42.8 Å². The molecule has 2 N–H and O–H groups in total. The van der Waals surface area contributed by atoms with Crippen molar-refractivity contribution in [1.29, 1.82) is 0 Å². The summed E-state index contributed by atoms with van der Waals surface area (Å²) < 4.78 is 5.52. The molecule has 0 radical (unpaired) electrons. The Morgan fingerprint density at radius 1 is 1.07 bits per heavy atom. The molecule has 146 valence electrons. The third kappa shape index (κ3) is 4.73. The predicted octanol–water partition coefficient (Wildman–Crippen LogP) is 3.37. The first-order valence-electron chi connectivity index (χ1n) is 10.0. The van der Waals surface area contributed by atoms with Crippen LogP contribution in [0.4, 0.5) is 0 Å². The van der Waals surface area contributed by atoms with Crippen LogP contribution >= 0.6 is 0 Å². The number of ether oxygens (including phenoxy) is 1. The van der Waals surface area contributed by atoms with E-state index in [1.807, 2.05) is 30.3 Å². The van der Waals surface area contributed by atoms with Crippen LogP contribution < -0.4 is 10.1 Å². The molecular weight excluding hydrogens is 350 g/mol. The second-order valence-corrected chi connectivity index (χ2v) is 7.39. The number of likely N-dealkylation sites (tertiary alicyclic amines) is 1. The molecule has 1 saturated heterocycles. The fourth-order valence-electron chi connectivity index (χ4n) is 3.85. The SMILES string of the molecule is O=C(COc1ccccc1)NC1CCN(CCc2c[nH]c3ccccc23)CC1. The molecule has 1 aliphatic heterocycles. The van der Waals surface area contributed by atoms with Gasteiger partial charge in [-0.3, -0.25) is 4.79 Å². The van der Waals surface area contributed by atoms with E-state index in [0.717, 1.165) is 44.6 Å². The third-order valence-electron chi connectivity index (χ3n) is 5.44. The number of aromatic amines is 1. The molecule has 0 spiro atoms. The van der Waals surface area contributed by atoms with E-state index in [9.17, 15) is 4.79 Å². The normalized spacial score (nSPS) is 15.6. The molecule has 5 heteroatoms. The Morgan fingerprint density at radius 3 is 2.64 bits per heavy atom. The average Bonchev–Trinajstić information content (AvgIpc) is 3.16. The standard InChI is InChI=1S/C23H27N3O2/c27-23(17-28-20-6-2-1-3-7-20)25-19-11-14-26(15-12-19)13-10-18-16-24-22-9-5-4-8-21(18)22/h1-9,16,19,24H,10-15,17H2,(H,25,27). The zero-order valence-corrected chi connectivity index (χ0v) is 16.1. The number of hydrogen-bond acceptors (Lipinski definition) is 3. The molecule has 1 fully saturated rings. The summed E-state index contributed by atoms with van der Waals surface area (Å²) in [4.78, 5) is 18.0. The van der Waals surface area contributed by atoms with Gasteiger partial charge < -0.3 is 19.9 Å². The summed E-state index contributed by atoms with van der Waals surface area (Å²) in [7, 11) is 0. The van der Waals surface area contributed by atoms with Crippen molar-refractivity contribution in [3.05, 3.63) is 66.4 Å². The van der Waals surface area contributed by atoms with Gasteiger partial charge in [0.15, 0.2) is 6.61 Å². The summed E-state index contributed by atoms with van der Waals surface area (Å²) in [5, 5.41) is 4.43. The minimum absolute atomic E-state index is 0.0407. The van der Waals surface area contributed by atoms with Gasteiger partial charge in [0.1, 0.15) is 5.75 Å². The number of hydrogen-bond donors (Lipinski definition) is 2. The maximum atomic E-state index is 12.1. The minimum atomic E-state index is -0.0407. The van der Waals surface area contributed by atoms with Gasteiger partial charge in [0.25, 0.3) is 5.91 Å². The Hall–Kier alpha value is -2.79. The first-order valence-corrected chi connectivity index (χ1v) is 10.0. The fraction of sp³-hybridized carbons (Fsp3) is 0.348. The molecule has 1 amide bonds. The van der Waals surface area contributed by atoms with Crippen LogP contribution in [0.15, 0.2) is 60.8 Å². The number of nitrogens with zero attached hydrogens (tertiary/aromatic N) is 1. The Labute approximate surface area is 165 Å². The Balaban J connectivity index is 1.18. The lowest BCUT2D eigenvalue weighted by atomic mass is 10.0. The van der Waals surface area contributed by atoms with E-state index in [4.69, 9.17) is 4.74 Å². The van der Waals surface area contributed by atoms with Crippen molar-refractivity contribution in [2.45, 2.75) is 25.3 Å². The van der Waals surface area contributed by atoms with Crippen molar-refractivity contribution in [2.24, 2.45) is 0 Å². The van der Waals surface area contributed by atoms with E-state index in [2.05, 4.69) is 45.7 Å². The van der Waals surface area contributed by atoms with Crippen LogP contribution in [0.1, 0.15) is 18.4 Å². The van der Waals surface area contributed by atoms with Crippen LogP contribution in [-0.2, 0) is 11.2 Å². The van der Waals surface area contributed by atoms with Gasteiger partial charge in [0.2, 0.25) is 0 Å². The molecule has 0 bridgehead atoms. The number of nitrogens with one attached hydrogen (secondary N) is 2. The molecule has 3 aromatic rings. The molecule has 2 heterocycles. The predicted molar refractivity (Wildman–Crippen MR) is 112 cm³/mol. The number of carbonyl (C=O) groups is 1. The van der Waals surface area contributed by atoms with E-state index in [0.29, 0.717) is 0 Å². The number of piperidine rings is 1. The van der Waals surface area contributed by atoms with Gasteiger partial charge >= 0.3 is 0 Å². The molecule has 2 aromatic carbocycles. The molecule has 0 unspecified atom stereocenters. The maximum absolute atomic E-state index is 12.1. The fourth-order valence-corrected chi connectivity index (χ4v) is 3.85. The summed E-state index contributed by atoms with van der Waals surface area (Å²) in [5.74, 6) is 0.686. The van der Waals surface area contributed by atoms with Gasteiger partial charge in [0.05, 0.1) is 0 Å². The largest absolute Gasteiger partial charge is 0.484 e.